The zero-order chi connectivity index (χ0) is 17.6. The number of aliphatic hydroxyl groups excluding tert-OH is 1. The largest absolute Gasteiger partial charge is 0.493 e. The molecule has 2 aromatic carbocycles. The van der Waals surface area contributed by atoms with Crippen LogP contribution in [0.1, 0.15) is 11.3 Å². The van der Waals surface area contributed by atoms with Crippen molar-refractivity contribution in [3.8, 4) is 11.5 Å². The molecule has 0 bridgehead atoms. The molecule has 5 nitrogen and oxygen atoms in total. The number of ether oxygens (including phenoxy) is 2. The smallest absolute Gasteiger partial charge is 0.161 e. The van der Waals surface area contributed by atoms with Gasteiger partial charge < -0.3 is 24.3 Å². The third-order valence-corrected chi connectivity index (χ3v) is 3.73. The Hall–Kier alpha value is -2.57. The number of fused-ring (bicyclic) bond motifs is 1. The predicted octanol–water partition coefficient (Wildman–Crippen LogP) is 3.24. The van der Waals surface area contributed by atoms with E-state index >= 15 is 0 Å². The van der Waals surface area contributed by atoms with Crippen molar-refractivity contribution >= 4 is 11.0 Å². The number of nitrogens with one attached hydrogen (secondary N) is 1. The van der Waals surface area contributed by atoms with Crippen molar-refractivity contribution in [3.63, 3.8) is 0 Å². The molecule has 0 amide bonds. The van der Waals surface area contributed by atoms with E-state index in [9.17, 15) is 4.39 Å². The molecular weight excluding hydrogens is 325 g/mol. The lowest BCUT2D eigenvalue weighted by molar-refractivity contribution is 0.196. The highest BCUT2D eigenvalue weighted by Gasteiger charge is 2.07. The van der Waals surface area contributed by atoms with E-state index in [-0.39, 0.29) is 19.0 Å². The van der Waals surface area contributed by atoms with Crippen LogP contribution in [-0.2, 0) is 13.1 Å². The lowest BCUT2D eigenvalue weighted by Crippen LogP contribution is -2.12. The molecule has 6 heteroatoms. The number of halogens is 1. The van der Waals surface area contributed by atoms with Crippen LogP contribution in [0.2, 0.25) is 0 Å². The van der Waals surface area contributed by atoms with Gasteiger partial charge >= 0.3 is 0 Å². The van der Waals surface area contributed by atoms with Crippen LogP contribution in [0.5, 0.6) is 11.5 Å². The van der Waals surface area contributed by atoms with Gasteiger partial charge in [-0.2, -0.15) is 0 Å². The van der Waals surface area contributed by atoms with E-state index in [1.807, 2.05) is 24.3 Å². The molecule has 1 aromatic heterocycles. The second-order valence-corrected chi connectivity index (χ2v) is 5.56. The highest BCUT2D eigenvalue weighted by molar-refractivity contribution is 5.77. The number of hydrogen-bond donors (Lipinski definition) is 2. The van der Waals surface area contributed by atoms with Crippen molar-refractivity contribution in [3.05, 3.63) is 59.6 Å². The fourth-order valence-electron chi connectivity index (χ4n) is 2.58. The van der Waals surface area contributed by atoms with Gasteiger partial charge in [0.25, 0.3) is 0 Å². The normalized spacial score (nSPS) is 11.0. The lowest BCUT2D eigenvalue weighted by Gasteiger charge is -2.11. The van der Waals surface area contributed by atoms with Gasteiger partial charge in [-0.25, -0.2) is 4.39 Å². The van der Waals surface area contributed by atoms with Crippen LogP contribution in [0.3, 0.4) is 0 Å². The van der Waals surface area contributed by atoms with E-state index in [2.05, 4.69) is 5.32 Å². The molecule has 3 aromatic rings. The van der Waals surface area contributed by atoms with Crippen LogP contribution in [0.15, 0.2) is 46.9 Å². The Labute approximate surface area is 145 Å². The third-order valence-electron chi connectivity index (χ3n) is 3.73. The molecule has 2 N–H and O–H groups in total. The van der Waals surface area contributed by atoms with Gasteiger partial charge in [-0.15, -0.1) is 0 Å². The maximum Gasteiger partial charge on any atom is 0.161 e. The molecule has 0 unspecified atom stereocenters. The van der Waals surface area contributed by atoms with Gasteiger partial charge in [0.15, 0.2) is 11.5 Å². The fraction of sp³-hybridized carbons (Fsp3) is 0.263. The Morgan fingerprint density at radius 1 is 1.08 bits per heavy atom. The highest BCUT2D eigenvalue weighted by Crippen LogP contribution is 2.28. The number of hydrogen-bond acceptors (Lipinski definition) is 5. The Balaban J connectivity index is 1.60. The second kappa shape index (κ2) is 8.00. The van der Waals surface area contributed by atoms with Crippen molar-refractivity contribution in [1.82, 2.24) is 5.32 Å². The molecule has 0 spiro atoms. The van der Waals surface area contributed by atoms with Crippen molar-refractivity contribution < 1.29 is 23.4 Å². The summed E-state index contributed by atoms with van der Waals surface area (Å²) in [5.41, 5.74) is 1.70. The van der Waals surface area contributed by atoms with Crippen LogP contribution >= 0.6 is 0 Å². The average Bonchev–Trinajstić information content (AvgIpc) is 3.02. The van der Waals surface area contributed by atoms with Crippen molar-refractivity contribution in [1.29, 1.82) is 0 Å². The molecule has 0 fully saturated rings. The minimum Gasteiger partial charge on any atom is -0.493 e. The zero-order valence-corrected chi connectivity index (χ0v) is 13.9. The Bertz CT molecular complexity index is 847. The van der Waals surface area contributed by atoms with Crippen molar-refractivity contribution in [2.45, 2.75) is 13.1 Å². The minimum atomic E-state index is -0.275. The molecule has 0 atom stereocenters. The Morgan fingerprint density at radius 2 is 1.96 bits per heavy atom. The standard InChI is InChI=1S/C19H20FNO4/c1-23-19-8-13(2-4-18(19)24-7-6-22)11-21-12-16-10-14-9-15(20)3-5-17(14)25-16/h2-5,8-10,21-22H,6-7,11-12H2,1H3. The van der Waals surface area contributed by atoms with Crippen LogP contribution < -0.4 is 14.8 Å². The first kappa shape index (κ1) is 17.3. The number of rotatable bonds is 8. The molecule has 0 saturated carbocycles. The van der Waals surface area contributed by atoms with Gasteiger partial charge in [-0.1, -0.05) is 6.07 Å². The Morgan fingerprint density at radius 3 is 2.76 bits per heavy atom. The van der Waals surface area contributed by atoms with E-state index in [1.165, 1.54) is 12.1 Å². The van der Waals surface area contributed by atoms with Crippen LogP contribution in [0.25, 0.3) is 11.0 Å². The molecule has 3 rings (SSSR count). The summed E-state index contributed by atoms with van der Waals surface area (Å²) >= 11 is 0. The van der Waals surface area contributed by atoms with E-state index in [0.717, 1.165) is 16.7 Å². The molecule has 0 saturated heterocycles. The molecule has 0 radical (unpaired) electrons. The monoisotopic (exact) mass is 345 g/mol. The maximum atomic E-state index is 13.2. The molecule has 132 valence electrons. The molecule has 25 heavy (non-hydrogen) atoms. The van der Waals surface area contributed by atoms with Crippen LogP contribution in [-0.4, -0.2) is 25.4 Å². The molecule has 1 heterocycles. The predicted molar refractivity (Wildman–Crippen MR) is 92.3 cm³/mol. The zero-order valence-electron chi connectivity index (χ0n) is 13.9. The average molecular weight is 345 g/mol. The van der Waals surface area contributed by atoms with Crippen molar-refractivity contribution in [2.75, 3.05) is 20.3 Å². The second-order valence-electron chi connectivity index (χ2n) is 5.56. The quantitative estimate of drug-likeness (QED) is 0.656. The maximum absolute atomic E-state index is 13.2. The lowest BCUT2D eigenvalue weighted by atomic mass is 10.2. The summed E-state index contributed by atoms with van der Waals surface area (Å²) in [6.07, 6.45) is 0. The molecule has 0 aliphatic heterocycles. The van der Waals surface area contributed by atoms with Crippen LogP contribution in [0.4, 0.5) is 4.39 Å². The summed E-state index contributed by atoms with van der Waals surface area (Å²) in [5.74, 6) is 1.69. The first-order valence-electron chi connectivity index (χ1n) is 7.99. The minimum absolute atomic E-state index is 0.0478. The highest BCUT2D eigenvalue weighted by atomic mass is 19.1. The topological polar surface area (TPSA) is 63.9 Å². The Kier molecular flexibility index (Phi) is 5.53. The molecule has 0 aliphatic carbocycles. The van der Waals surface area contributed by atoms with Gasteiger partial charge in [0, 0.05) is 11.9 Å². The SMILES string of the molecule is COc1cc(CNCc2cc3cc(F)ccc3o2)ccc1OCCO. The fourth-order valence-corrected chi connectivity index (χ4v) is 2.58. The van der Waals surface area contributed by atoms with Crippen molar-refractivity contribution in [2.24, 2.45) is 0 Å². The summed E-state index contributed by atoms with van der Waals surface area (Å²) in [6, 6.07) is 11.9. The van der Waals surface area contributed by atoms with Gasteiger partial charge in [0.1, 0.15) is 23.8 Å². The van der Waals surface area contributed by atoms with E-state index in [4.69, 9.17) is 19.0 Å². The summed E-state index contributed by atoms with van der Waals surface area (Å²) in [6.45, 7) is 1.32. The van der Waals surface area contributed by atoms with Gasteiger partial charge in [0.05, 0.1) is 20.3 Å². The van der Waals surface area contributed by atoms with E-state index < -0.39 is 0 Å². The third kappa shape index (κ3) is 4.29. The summed E-state index contributed by atoms with van der Waals surface area (Å²) in [7, 11) is 1.58. The number of methoxy groups -OCH3 is 1. The molecule has 0 aliphatic rings. The van der Waals surface area contributed by atoms with Gasteiger partial charge in [0.2, 0.25) is 0 Å². The summed E-state index contributed by atoms with van der Waals surface area (Å²) in [4.78, 5) is 0. The van der Waals surface area contributed by atoms with E-state index in [1.54, 1.807) is 13.2 Å². The summed E-state index contributed by atoms with van der Waals surface area (Å²) < 4.78 is 29.6. The number of benzene rings is 2. The molecular formula is C19H20FNO4. The van der Waals surface area contributed by atoms with Crippen LogP contribution in [0, 0.1) is 5.82 Å². The first-order valence-corrected chi connectivity index (χ1v) is 7.99. The van der Waals surface area contributed by atoms with E-state index in [0.29, 0.717) is 30.2 Å². The summed E-state index contributed by atoms with van der Waals surface area (Å²) in [5, 5.41) is 12.9. The van der Waals surface area contributed by atoms with Gasteiger partial charge in [-0.3, -0.25) is 0 Å². The first-order chi connectivity index (χ1) is 12.2. The number of furan rings is 1. The number of aliphatic hydroxyl groups is 1. The van der Waals surface area contributed by atoms with Gasteiger partial charge in [-0.05, 0) is 42.0 Å².